The van der Waals surface area contributed by atoms with E-state index in [1.54, 1.807) is 24.3 Å². The predicted octanol–water partition coefficient (Wildman–Crippen LogP) is 2.64. The normalized spacial score (nSPS) is 15.2. The van der Waals surface area contributed by atoms with Crippen LogP contribution in [0.1, 0.15) is 5.56 Å². The van der Waals surface area contributed by atoms with Gasteiger partial charge in [-0.3, -0.25) is 10.1 Å². The van der Waals surface area contributed by atoms with Crippen LogP contribution in [0.5, 0.6) is 5.75 Å². The van der Waals surface area contributed by atoms with Crippen LogP contribution in [0.4, 0.5) is 5.13 Å². The molecule has 0 unspecified atom stereocenters. The van der Waals surface area contributed by atoms with Gasteiger partial charge in [-0.05, 0) is 42.8 Å². The number of rotatable bonds is 6. The third-order valence-corrected chi connectivity index (χ3v) is 7.40. The van der Waals surface area contributed by atoms with Crippen LogP contribution in [-0.2, 0) is 19.6 Å². The van der Waals surface area contributed by atoms with Crippen molar-refractivity contribution >= 4 is 42.6 Å². The summed E-state index contributed by atoms with van der Waals surface area (Å²) in [6, 6.07) is 12.2. The number of aromatic nitrogens is 1. The Bertz CT molecular complexity index is 1170. The van der Waals surface area contributed by atoms with Gasteiger partial charge in [-0.1, -0.05) is 23.5 Å². The first-order valence-electron chi connectivity index (χ1n) is 9.40. The number of sulfonamides is 1. The summed E-state index contributed by atoms with van der Waals surface area (Å²) in [6.45, 7) is 3.26. The quantitative estimate of drug-likeness (QED) is 0.624. The van der Waals surface area contributed by atoms with Crippen molar-refractivity contribution in [2.75, 3.05) is 38.2 Å². The van der Waals surface area contributed by atoms with E-state index in [-0.39, 0.29) is 17.4 Å². The maximum Gasteiger partial charge on any atom is 0.264 e. The molecule has 1 amide bonds. The number of ether oxygens (including phenoxy) is 2. The van der Waals surface area contributed by atoms with Crippen molar-refractivity contribution in [1.29, 1.82) is 0 Å². The number of morpholine rings is 1. The number of carbonyl (C=O) groups is 1. The first-order chi connectivity index (χ1) is 14.4. The summed E-state index contributed by atoms with van der Waals surface area (Å²) in [6.07, 6.45) is 0. The van der Waals surface area contributed by atoms with Gasteiger partial charge in [0.25, 0.3) is 5.91 Å². The van der Waals surface area contributed by atoms with Gasteiger partial charge in [0.05, 0.1) is 28.3 Å². The van der Waals surface area contributed by atoms with Crippen molar-refractivity contribution in [2.45, 2.75) is 11.8 Å². The molecule has 1 aromatic heterocycles. The van der Waals surface area contributed by atoms with Crippen LogP contribution >= 0.6 is 11.3 Å². The van der Waals surface area contributed by atoms with Crippen LogP contribution in [0.2, 0.25) is 0 Å². The lowest BCUT2D eigenvalue weighted by Crippen LogP contribution is -2.40. The molecule has 1 saturated heterocycles. The van der Waals surface area contributed by atoms with Gasteiger partial charge in [0.2, 0.25) is 10.0 Å². The standard InChI is InChI=1S/C20H21N3O5S2/c1-14-3-2-4-15(11-14)28-13-19(24)22-20-21-17-6-5-16(12-18(17)29-20)30(25,26)23-7-9-27-10-8-23/h2-6,11-12H,7-10,13H2,1H3,(H,21,22,24). The third-order valence-electron chi connectivity index (χ3n) is 4.57. The van der Waals surface area contributed by atoms with Crippen LogP contribution in [0.15, 0.2) is 47.4 Å². The zero-order chi connectivity index (χ0) is 21.1. The van der Waals surface area contributed by atoms with Gasteiger partial charge in [-0.15, -0.1) is 0 Å². The van der Waals surface area contributed by atoms with Crippen molar-refractivity contribution < 1.29 is 22.7 Å². The first kappa shape index (κ1) is 20.7. The maximum atomic E-state index is 12.8. The third kappa shape index (κ3) is 4.62. The molecule has 10 heteroatoms. The minimum Gasteiger partial charge on any atom is -0.484 e. The Hall–Kier alpha value is -2.53. The molecule has 1 aliphatic rings. The Morgan fingerprint density at radius 2 is 2.03 bits per heavy atom. The molecular weight excluding hydrogens is 426 g/mol. The molecule has 0 aliphatic carbocycles. The number of aryl methyl sites for hydroxylation is 1. The molecule has 0 atom stereocenters. The zero-order valence-electron chi connectivity index (χ0n) is 16.3. The average Bonchev–Trinajstić information content (AvgIpc) is 3.14. The monoisotopic (exact) mass is 447 g/mol. The minimum atomic E-state index is -3.59. The van der Waals surface area contributed by atoms with Crippen LogP contribution in [0, 0.1) is 6.92 Å². The van der Waals surface area contributed by atoms with Crippen molar-refractivity contribution in [2.24, 2.45) is 0 Å². The topological polar surface area (TPSA) is 97.8 Å². The Kier molecular flexibility index (Phi) is 6.00. The van der Waals surface area contributed by atoms with Crippen LogP contribution in [-0.4, -0.2) is 56.5 Å². The molecule has 30 heavy (non-hydrogen) atoms. The Morgan fingerprint density at radius 3 is 2.80 bits per heavy atom. The number of anilines is 1. The number of nitrogens with one attached hydrogen (secondary N) is 1. The van der Waals surface area contributed by atoms with Crippen LogP contribution < -0.4 is 10.1 Å². The van der Waals surface area contributed by atoms with Crippen molar-refractivity contribution in [3.8, 4) is 5.75 Å². The van der Waals surface area contributed by atoms with Gasteiger partial charge in [-0.2, -0.15) is 4.31 Å². The fourth-order valence-corrected chi connectivity index (χ4v) is 5.49. The van der Waals surface area contributed by atoms with E-state index in [0.717, 1.165) is 5.56 Å². The van der Waals surface area contributed by atoms with Crippen molar-refractivity contribution in [1.82, 2.24) is 9.29 Å². The van der Waals surface area contributed by atoms with Crippen molar-refractivity contribution in [3.05, 3.63) is 48.0 Å². The average molecular weight is 448 g/mol. The summed E-state index contributed by atoms with van der Waals surface area (Å²) in [5.74, 6) is 0.282. The largest absolute Gasteiger partial charge is 0.484 e. The molecular formula is C20H21N3O5S2. The smallest absolute Gasteiger partial charge is 0.264 e. The second-order valence-corrected chi connectivity index (χ2v) is 9.79. The van der Waals surface area contributed by atoms with E-state index in [9.17, 15) is 13.2 Å². The second kappa shape index (κ2) is 8.68. The minimum absolute atomic E-state index is 0.143. The number of nitrogens with zero attached hydrogens (tertiary/aromatic N) is 2. The van der Waals surface area contributed by atoms with Gasteiger partial charge in [0.15, 0.2) is 11.7 Å². The second-order valence-electron chi connectivity index (χ2n) is 6.82. The van der Waals surface area contributed by atoms with E-state index >= 15 is 0 Å². The van der Waals surface area contributed by atoms with E-state index < -0.39 is 10.0 Å². The van der Waals surface area contributed by atoms with Gasteiger partial charge < -0.3 is 9.47 Å². The summed E-state index contributed by atoms with van der Waals surface area (Å²) < 4.78 is 38.5. The van der Waals surface area contributed by atoms with Crippen LogP contribution in [0.25, 0.3) is 10.2 Å². The lowest BCUT2D eigenvalue weighted by Gasteiger charge is -2.25. The zero-order valence-corrected chi connectivity index (χ0v) is 18.0. The lowest BCUT2D eigenvalue weighted by molar-refractivity contribution is -0.118. The van der Waals surface area contributed by atoms with Gasteiger partial charge >= 0.3 is 0 Å². The SMILES string of the molecule is Cc1cccc(OCC(=O)Nc2nc3ccc(S(=O)(=O)N4CCOCC4)cc3s2)c1. The molecule has 8 nitrogen and oxygen atoms in total. The summed E-state index contributed by atoms with van der Waals surface area (Å²) >= 11 is 1.22. The molecule has 4 rings (SSSR count). The van der Waals surface area contributed by atoms with Gasteiger partial charge in [0, 0.05) is 13.1 Å². The summed E-state index contributed by atoms with van der Waals surface area (Å²) in [5, 5.41) is 3.10. The van der Waals surface area contributed by atoms with E-state index in [4.69, 9.17) is 9.47 Å². The number of benzene rings is 2. The molecule has 3 aromatic rings. The number of amides is 1. The molecule has 0 radical (unpaired) electrons. The highest BCUT2D eigenvalue weighted by molar-refractivity contribution is 7.89. The summed E-state index contributed by atoms with van der Waals surface area (Å²) in [5.41, 5.74) is 1.66. The van der Waals surface area contributed by atoms with E-state index in [1.807, 2.05) is 25.1 Å². The van der Waals surface area contributed by atoms with Gasteiger partial charge in [-0.25, -0.2) is 13.4 Å². The van der Waals surface area contributed by atoms with Crippen molar-refractivity contribution in [3.63, 3.8) is 0 Å². The highest BCUT2D eigenvalue weighted by Gasteiger charge is 2.26. The van der Waals surface area contributed by atoms with Crippen LogP contribution in [0.3, 0.4) is 0 Å². The summed E-state index contributed by atoms with van der Waals surface area (Å²) in [7, 11) is -3.59. The number of fused-ring (bicyclic) bond motifs is 1. The number of hydrogen-bond acceptors (Lipinski definition) is 7. The highest BCUT2D eigenvalue weighted by Crippen LogP contribution is 2.29. The molecule has 0 saturated carbocycles. The fourth-order valence-electron chi connectivity index (χ4n) is 3.06. The first-order valence-corrected chi connectivity index (χ1v) is 11.7. The number of hydrogen-bond donors (Lipinski definition) is 1. The molecule has 2 heterocycles. The Balaban J connectivity index is 1.45. The molecule has 0 bridgehead atoms. The highest BCUT2D eigenvalue weighted by atomic mass is 32.2. The van der Waals surface area contributed by atoms with E-state index in [2.05, 4.69) is 10.3 Å². The molecule has 1 aliphatic heterocycles. The lowest BCUT2D eigenvalue weighted by atomic mass is 10.2. The summed E-state index contributed by atoms with van der Waals surface area (Å²) in [4.78, 5) is 16.8. The maximum absolute atomic E-state index is 12.8. The van der Waals surface area contributed by atoms with Gasteiger partial charge in [0.1, 0.15) is 5.75 Å². The number of carbonyl (C=O) groups excluding carboxylic acids is 1. The van der Waals surface area contributed by atoms with E-state index in [1.165, 1.54) is 15.6 Å². The molecule has 158 valence electrons. The molecule has 1 fully saturated rings. The molecule has 0 spiro atoms. The number of thiazole rings is 1. The Morgan fingerprint density at radius 1 is 1.23 bits per heavy atom. The fraction of sp³-hybridized carbons (Fsp3) is 0.300. The molecule has 1 N–H and O–H groups in total. The Labute approximate surface area is 178 Å². The molecule has 2 aromatic carbocycles. The van der Waals surface area contributed by atoms with E-state index in [0.29, 0.717) is 47.4 Å². The predicted molar refractivity (Wildman–Crippen MR) is 115 cm³/mol.